The molecule has 0 spiro atoms. The third kappa shape index (κ3) is 3.08. The molecule has 1 amide bonds. The molecule has 0 bridgehead atoms. The standard InChI is InChI=1S/C14H20ClN3O/c1-9(16)13(11-3-5-12(15)6-4-11)18-8-7-17-14(19)10(18)2/h3-6,9-10,13H,7-8,16H2,1-2H3,(H,17,19). The third-order valence-electron chi connectivity index (χ3n) is 3.61. The number of nitrogens with zero attached hydrogens (tertiary/aromatic N) is 1. The first-order valence-electron chi connectivity index (χ1n) is 6.55. The first-order valence-corrected chi connectivity index (χ1v) is 6.93. The second-order valence-corrected chi connectivity index (χ2v) is 5.50. The van der Waals surface area contributed by atoms with E-state index >= 15 is 0 Å². The van der Waals surface area contributed by atoms with Crippen LogP contribution in [0.1, 0.15) is 25.5 Å². The van der Waals surface area contributed by atoms with Gasteiger partial charge in [0.05, 0.1) is 12.1 Å². The molecule has 1 aromatic carbocycles. The molecule has 1 aliphatic rings. The number of hydrogen-bond acceptors (Lipinski definition) is 3. The number of hydrogen-bond donors (Lipinski definition) is 2. The highest BCUT2D eigenvalue weighted by molar-refractivity contribution is 6.30. The van der Waals surface area contributed by atoms with Gasteiger partial charge >= 0.3 is 0 Å². The number of carbonyl (C=O) groups is 1. The number of nitrogens with one attached hydrogen (secondary N) is 1. The first-order chi connectivity index (χ1) is 9.00. The Hall–Kier alpha value is -1.10. The molecule has 0 radical (unpaired) electrons. The summed E-state index contributed by atoms with van der Waals surface area (Å²) in [5, 5.41) is 3.58. The Balaban J connectivity index is 2.29. The van der Waals surface area contributed by atoms with Gasteiger partial charge < -0.3 is 11.1 Å². The summed E-state index contributed by atoms with van der Waals surface area (Å²) in [4.78, 5) is 14.0. The molecule has 3 unspecified atom stereocenters. The van der Waals surface area contributed by atoms with Crippen molar-refractivity contribution in [2.75, 3.05) is 13.1 Å². The van der Waals surface area contributed by atoms with Gasteiger partial charge in [0, 0.05) is 24.2 Å². The number of halogens is 1. The highest BCUT2D eigenvalue weighted by Gasteiger charge is 2.33. The van der Waals surface area contributed by atoms with Crippen LogP contribution >= 0.6 is 11.6 Å². The monoisotopic (exact) mass is 281 g/mol. The van der Waals surface area contributed by atoms with Gasteiger partial charge in [-0.3, -0.25) is 9.69 Å². The molecule has 4 nitrogen and oxygen atoms in total. The van der Waals surface area contributed by atoms with Crippen molar-refractivity contribution in [2.45, 2.75) is 32.0 Å². The van der Waals surface area contributed by atoms with Crippen LogP contribution < -0.4 is 11.1 Å². The smallest absolute Gasteiger partial charge is 0.237 e. The van der Waals surface area contributed by atoms with Gasteiger partial charge in [-0.15, -0.1) is 0 Å². The maximum absolute atomic E-state index is 11.8. The molecule has 0 saturated carbocycles. The Labute approximate surface area is 118 Å². The predicted octanol–water partition coefficient (Wildman–Crippen LogP) is 1.55. The minimum absolute atomic E-state index is 0.0262. The summed E-state index contributed by atoms with van der Waals surface area (Å²) in [6, 6.07) is 7.49. The van der Waals surface area contributed by atoms with Crippen molar-refractivity contribution in [2.24, 2.45) is 5.73 Å². The van der Waals surface area contributed by atoms with E-state index in [2.05, 4.69) is 10.2 Å². The summed E-state index contributed by atoms with van der Waals surface area (Å²) < 4.78 is 0. The fourth-order valence-corrected chi connectivity index (χ4v) is 2.76. The average molecular weight is 282 g/mol. The second kappa shape index (κ2) is 5.90. The van der Waals surface area contributed by atoms with Crippen LogP contribution in [0.3, 0.4) is 0 Å². The summed E-state index contributed by atoms with van der Waals surface area (Å²) in [7, 11) is 0. The molecular formula is C14H20ClN3O. The van der Waals surface area contributed by atoms with Gasteiger partial charge in [0.15, 0.2) is 0 Å². The van der Waals surface area contributed by atoms with Crippen molar-refractivity contribution < 1.29 is 4.79 Å². The molecule has 2 rings (SSSR count). The Morgan fingerprint density at radius 1 is 1.42 bits per heavy atom. The van der Waals surface area contributed by atoms with Gasteiger partial charge in [0.2, 0.25) is 5.91 Å². The zero-order chi connectivity index (χ0) is 14.0. The van der Waals surface area contributed by atoms with Gasteiger partial charge in [-0.05, 0) is 31.5 Å². The van der Waals surface area contributed by atoms with Crippen LogP contribution in [0.15, 0.2) is 24.3 Å². The molecule has 19 heavy (non-hydrogen) atoms. The SMILES string of the molecule is CC(N)C(c1ccc(Cl)cc1)N1CCNC(=O)C1C. The van der Waals surface area contributed by atoms with Crippen molar-refractivity contribution in [3.05, 3.63) is 34.9 Å². The Bertz CT molecular complexity index is 447. The van der Waals surface area contributed by atoms with Crippen molar-refractivity contribution in [3.63, 3.8) is 0 Å². The second-order valence-electron chi connectivity index (χ2n) is 5.06. The molecule has 0 aromatic heterocycles. The number of carbonyl (C=O) groups excluding carboxylic acids is 1. The largest absolute Gasteiger partial charge is 0.353 e. The zero-order valence-corrected chi connectivity index (χ0v) is 12.0. The molecule has 104 valence electrons. The maximum Gasteiger partial charge on any atom is 0.237 e. The summed E-state index contributed by atoms with van der Waals surface area (Å²) in [5.41, 5.74) is 7.24. The van der Waals surface area contributed by atoms with Crippen molar-refractivity contribution in [1.29, 1.82) is 0 Å². The number of benzene rings is 1. The summed E-state index contributed by atoms with van der Waals surface area (Å²) in [5.74, 6) is 0.0610. The van der Waals surface area contributed by atoms with Crippen LogP contribution in [0.25, 0.3) is 0 Å². The van der Waals surface area contributed by atoms with Gasteiger partial charge in [-0.1, -0.05) is 23.7 Å². The molecule has 1 fully saturated rings. The number of rotatable bonds is 3. The molecular weight excluding hydrogens is 262 g/mol. The van der Waals surface area contributed by atoms with Crippen LogP contribution in [-0.4, -0.2) is 36.0 Å². The summed E-state index contributed by atoms with van der Waals surface area (Å²) in [6.07, 6.45) is 0. The Morgan fingerprint density at radius 3 is 2.63 bits per heavy atom. The predicted molar refractivity (Wildman–Crippen MR) is 77.0 cm³/mol. The Morgan fingerprint density at radius 2 is 2.05 bits per heavy atom. The highest BCUT2D eigenvalue weighted by atomic mass is 35.5. The van der Waals surface area contributed by atoms with Gasteiger partial charge in [0.25, 0.3) is 0 Å². The maximum atomic E-state index is 11.8. The number of nitrogens with two attached hydrogens (primary N) is 1. The van der Waals surface area contributed by atoms with E-state index in [1.54, 1.807) is 0 Å². The topological polar surface area (TPSA) is 58.4 Å². The zero-order valence-electron chi connectivity index (χ0n) is 11.3. The van der Waals surface area contributed by atoms with Crippen molar-refractivity contribution in [1.82, 2.24) is 10.2 Å². The van der Waals surface area contributed by atoms with Crippen LogP contribution in [0.2, 0.25) is 5.02 Å². The lowest BCUT2D eigenvalue weighted by atomic mass is 9.96. The van der Waals surface area contributed by atoms with Crippen molar-refractivity contribution in [3.8, 4) is 0 Å². The average Bonchev–Trinajstić information content (AvgIpc) is 2.37. The molecule has 1 heterocycles. The number of piperazine rings is 1. The fraction of sp³-hybridized carbons (Fsp3) is 0.500. The summed E-state index contributed by atoms with van der Waals surface area (Å²) in [6.45, 7) is 5.36. The first kappa shape index (κ1) is 14.3. The molecule has 1 aromatic rings. The van der Waals surface area contributed by atoms with Gasteiger partial charge in [0.1, 0.15) is 0 Å². The van der Waals surface area contributed by atoms with E-state index in [9.17, 15) is 4.79 Å². The molecule has 1 aliphatic heterocycles. The lowest BCUT2D eigenvalue weighted by Crippen LogP contribution is -2.57. The van der Waals surface area contributed by atoms with Gasteiger partial charge in [-0.25, -0.2) is 0 Å². The van der Waals surface area contributed by atoms with Crippen molar-refractivity contribution >= 4 is 17.5 Å². The van der Waals surface area contributed by atoms with E-state index < -0.39 is 0 Å². The van der Waals surface area contributed by atoms with E-state index in [0.29, 0.717) is 11.6 Å². The lowest BCUT2D eigenvalue weighted by Gasteiger charge is -2.41. The summed E-state index contributed by atoms with van der Waals surface area (Å²) >= 11 is 5.92. The van der Waals surface area contributed by atoms with Crippen LogP contribution in [-0.2, 0) is 4.79 Å². The quantitative estimate of drug-likeness (QED) is 0.884. The third-order valence-corrected chi connectivity index (χ3v) is 3.86. The molecule has 5 heteroatoms. The lowest BCUT2D eigenvalue weighted by molar-refractivity contribution is -0.129. The molecule has 3 N–H and O–H groups in total. The van der Waals surface area contributed by atoms with Crippen LogP contribution in [0, 0.1) is 0 Å². The van der Waals surface area contributed by atoms with E-state index in [-0.39, 0.29) is 24.0 Å². The van der Waals surface area contributed by atoms with Crippen LogP contribution in [0.4, 0.5) is 0 Å². The van der Waals surface area contributed by atoms with E-state index in [1.807, 2.05) is 38.1 Å². The minimum Gasteiger partial charge on any atom is -0.353 e. The van der Waals surface area contributed by atoms with E-state index in [0.717, 1.165) is 12.1 Å². The highest BCUT2D eigenvalue weighted by Crippen LogP contribution is 2.27. The normalized spacial score (nSPS) is 23.8. The molecule has 0 aliphatic carbocycles. The minimum atomic E-state index is -0.166. The Kier molecular flexibility index (Phi) is 4.45. The molecule has 1 saturated heterocycles. The van der Waals surface area contributed by atoms with Crippen LogP contribution in [0.5, 0.6) is 0 Å². The fourth-order valence-electron chi connectivity index (χ4n) is 2.64. The number of amides is 1. The molecule has 3 atom stereocenters. The van der Waals surface area contributed by atoms with E-state index in [1.165, 1.54) is 0 Å². The van der Waals surface area contributed by atoms with Gasteiger partial charge in [-0.2, -0.15) is 0 Å². The van der Waals surface area contributed by atoms with E-state index in [4.69, 9.17) is 17.3 Å².